The van der Waals surface area contributed by atoms with Gasteiger partial charge in [-0.3, -0.25) is 19.8 Å². The number of carbonyl (C=O) groups excluding carboxylic acids is 1. The number of methoxy groups -OCH3 is 2. The summed E-state index contributed by atoms with van der Waals surface area (Å²) in [6.07, 6.45) is 0. The van der Waals surface area contributed by atoms with Crippen molar-refractivity contribution >= 4 is 17.3 Å². The van der Waals surface area contributed by atoms with Crippen LogP contribution in [0, 0.1) is 10.1 Å². The summed E-state index contributed by atoms with van der Waals surface area (Å²) in [7, 11) is 8.89. The van der Waals surface area contributed by atoms with Gasteiger partial charge in [-0.25, -0.2) is 0 Å². The molecule has 0 saturated carbocycles. The number of likely N-dealkylation sites (N-methyl/N-ethyl adjacent to an activating group) is 1. The highest BCUT2D eigenvalue weighted by Gasteiger charge is 2.28. The zero-order valence-corrected chi connectivity index (χ0v) is 20.4. The summed E-state index contributed by atoms with van der Waals surface area (Å²) in [4.78, 5) is 30.8. The molecule has 0 unspecified atom stereocenters. The fraction of sp³-hybridized carbons (Fsp3) is 0.458. The normalized spacial score (nSPS) is 15.4. The van der Waals surface area contributed by atoms with E-state index in [1.165, 1.54) is 26.4 Å². The third kappa shape index (κ3) is 5.75. The second-order valence-corrected chi connectivity index (χ2v) is 8.53. The van der Waals surface area contributed by atoms with Gasteiger partial charge in [-0.2, -0.15) is 0 Å². The second-order valence-electron chi connectivity index (χ2n) is 8.53. The molecule has 10 nitrogen and oxygen atoms in total. The molecule has 0 spiro atoms. The van der Waals surface area contributed by atoms with Gasteiger partial charge in [-0.15, -0.1) is 0 Å². The highest BCUT2D eigenvalue weighted by atomic mass is 16.6. The number of nitrogens with zero attached hydrogens (tertiary/aromatic N) is 4. The minimum atomic E-state index is -0.588. The molecule has 1 N–H and O–H groups in total. The Kier molecular flexibility index (Phi) is 8.30. The smallest absolute Gasteiger partial charge is 0.286 e. The van der Waals surface area contributed by atoms with Crippen molar-refractivity contribution in [3.05, 3.63) is 57.6 Å². The molecule has 2 aromatic rings. The van der Waals surface area contributed by atoms with Crippen LogP contribution in [0.1, 0.15) is 22.0 Å². The standard InChI is InChI=1S/C24H33N5O5/c1-26(2)18-8-6-17(7-9-18)21(28-12-10-27(3)11-13-28)16-25-24(30)19-14-22(33-4)23(34-5)15-20(19)29(31)32/h6-9,14-15,21H,10-13,16H2,1-5H3,(H,25,30)/t21-/m0/s1. The summed E-state index contributed by atoms with van der Waals surface area (Å²) >= 11 is 0. The number of hydrogen-bond donors (Lipinski definition) is 1. The maximum Gasteiger partial charge on any atom is 0.286 e. The Morgan fingerprint density at radius 3 is 2.21 bits per heavy atom. The molecule has 1 aliphatic heterocycles. The number of anilines is 1. The Morgan fingerprint density at radius 2 is 1.68 bits per heavy atom. The van der Waals surface area contributed by atoms with Gasteiger partial charge in [-0.1, -0.05) is 12.1 Å². The van der Waals surface area contributed by atoms with E-state index in [9.17, 15) is 14.9 Å². The van der Waals surface area contributed by atoms with E-state index in [4.69, 9.17) is 9.47 Å². The van der Waals surface area contributed by atoms with Crippen molar-refractivity contribution in [1.82, 2.24) is 15.1 Å². The molecule has 2 aromatic carbocycles. The van der Waals surface area contributed by atoms with Gasteiger partial charge >= 0.3 is 0 Å². The zero-order chi connectivity index (χ0) is 24.8. The van der Waals surface area contributed by atoms with Gasteiger partial charge in [0, 0.05) is 58.6 Å². The number of ether oxygens (including phenoxy) is 2. The molecule has 0 aliphatic carbocycles. The maximum absolute atomic E-state index is 13.1. The van der Waals surface area contributed by atoms with E-state index in [1.54, 1.807) is 0 Å². The zero-order valence-electron chi connectivity index (χ0n) is 20.4. The van der Waals surface area contributed by atoms with Crippen LogP contribution >= 0.6 is 0 Å². The molecule has 0 aromatic heterocycles. The van der Waals surface area contributed by atoms with E-state index in [0.29, 0.717) is 6.54 Å². The number of hydrogen-bond acceptors (Lipinski definition) is 8. The van der Waals surface area contributed by atoms with E-state index in [0.717, 1.165) is 37.4 Å². The quantitative estimate of drug-likeness (QED) is 0.440. The van der Waals surface area contributed by atoms with Crippen molar-refractivity contribution in [2.24, 2.45) is 0 Å². The van der Waals surface area contributed by atoms with Gasteiger partial charge in [0.1, 0.15) is 5.56 Å². The topological polar surface area (TPSA) is 100 Å². The predicted molar refractivity (Wildman–Crippen MR) is 131 cm³/mol. The summed E-state index contributed by atoms with van der Waals surface area (Å²) in [5.74, 6) is -0.0770. The lowest BCUT2D eigenvalue weighted by Gasteiger charge is -2.38. The van der Waals surface area contributed by atoms with Crippen LogP contribution in [0.4, 0.5) is 11.4 Å². The van der Waals surface area contributed by atoms with Crippen LogP contribution in [-0.4, -0.2) is 88.7 Å². The average Bonchev–Trinajstić information content (AvgIpc) is 2.84. The van der Waals surface area contributed by atoms with Crippen LogP contribution in [0.15, 0.2) is 36.4 Å². The Hall–Kier alpha value is -3.37. The van der Waals surface area contributed by atoms with Crippen molar-refractivity contribution in [1.29, 1.82) is 0 Å². The van der Waals surface area contributed by atoms with Gasteiger partial charge in [0.15, 0.2) is 11.5 Å². The minimum Gasteiger partial charge on any atom is -0.493 e. The largest absolute Gasteiger partial charge is 0.493 e. The molecule has 184 valence electrons. The lowest BCUT2D eigenvalue weighted by Crippen LogP contribution is -2.48. The van der Waals surface area contributed by atoms with Crippen molar-refractivity contribution in [2.45, 2.75) is 6.04 Å². The van der Waals surface area contributed by atoms with Crippen LogP contribution in [0.2, 0.25) is 0 Å². The molecular weight excluding hydrogens is 438 g/mol. The van der Waals surface area contributed by atoms with Crippen LogP contribution in [0.25, 0.3) is 0 Å². The highest BCUT2D eigenvalue weighted by Crippen LogP contribution is 2.34. The fourth-order valence-electron chi connectivity index (χ4n) is 4.07. The molecular formula is C24H33N5O5. The van der Waals surface area contributed by atoms with Crippen molar-refractivity contribution < 1.29 is 19.2 Å². The predicted octanol–water partition coefficient (Wildman–Crippen LogP) is 2.40. The van der Waals surface area contributed by atoms with E-state index < -0.39 is 10.8 Å². The lowest BCUT2D eigenvalue weighted by molar-refractivity contribution is -0.385. The summed E-state index contributed by atoms with van der Waals surface area (Å²) in [6, 6.07) is 10.8. The first-order valence-corrected chi connectivity index (χ1v) is 11.1. The Morgan fingerprint density at radius 1 is 1.09 bits per heavy atom. The van der Waals surface area contributed by atoms with Crippen molar-refractivity contribution in [2.75, 3.05) is 73.0 Å². The van der Waals surface area contributed by atoms with Gasteiger partial charge in [0.25, 0.3) is 11.6 Å². The molecule has 0 bridgehead atoms. The number of carbonyl (C=O) groups is 1. The van der Waals surface area contributed by atoms with Crippen LogP contribution in [0.5, 0.6) is 11.5 Å². The maximum atomic E-state index is 13.1. The van der Waals surface area contributed by atoms with E-state index >= 15 is 0 Å². The number of amides is 1. The number of nitro benzene ring substituents is 1. The van der Waals surface area contributed by atoms with E-state index in [-0.39, 0.29) is 28.8 Å². The monoisotopic (exact) mass is 471 g/mol. The Labute approximate surface area is 200 Å². The second kappa shape index (κ2) is 11.2. The summed E-state index contributed by atoms with van der Waals surface area (Å²) in [6.45, 7) is 3.91. The van der Waals surface area contributed by atoms with Gasteiger partial charge in [0.05, 0.1) is 31.3 Å². The first-order valence-electron chi connectivity index (χ1n) is 11.1. The minimum absolute atomic E-state index is 0.0620. The van der Waals surface area contributed by atoms with Crippen LogP contribution in [0.3, 0.4) is 0 Å². The van der Waals surface area contributed by atoms with Gasteiger partial charge < -0.3 is 24.6 Å². The Bertz CT molecular complexity index is 1000. The van der Waals surface area contributed by atoms with Gasteiger partial charge in [0.2, 0.25) is 0 Å². The molecule has 1 fully saturated rings. The number of nitro groups is 1. The van der Waals surface area contributed by atoms with E-state index in [1.807, 2.05) is 19.0 Å². The highest BCUT2D eigenvalue weighted by molar-refractivity contribution is 5.99. The Balaban J connectivity index is 1.86. The summed E-state index contributed by atoms with van der Waals surface area (Å²) in [5, 5.41) is 14.6. The molecule has 1 heterocycles. The molecule has 1 saturated heterocycles. The number of rotatable bonds is 9. The summed E-state index contributed by atoms with van der Waals surface area (Å²) in [5.41, 5.74) is 1.77. The van der Waals surface area contributed by atoms with E-state index in [2.05, 4.69) is 46.4 Å². The van der Waals surface area contributed by atoms with Crippen LogP contribution in [-0.2, 0) is 0 Å². The number of benzene rings is 2. The first kappa shape index (κ1) is 25.3. The molecule has 0 radical (unpaired) electrons. The third-order valence-corrected chi connectivity index (χ3v) is 6.17. The van der Waals surface area contributed by atoms with Crippen molar-refractivity contribution in [3.8, 4) is 11.5 Å². The van der Waals surface area contributed by atoms with Crippen molar-refractivity contribution in [3.63, 3.8) is 0 Å². The van der Waals surface area contributed by atoms with Crippen LogP contribution < -0.4 is 19.7 Å². The first-order chi connectivity index (χ1) is 16.2. The summed E-state index contributed by atoms with van der Waals surface area (Å²) < 4.78 is 10.4. The molecule has 10 heteroatoms. The average molecular weight is 472 g/mol. The molecule has 1 aliphatic rings. The number of piperazine rings is 1. The third-order valence-electron chi connectivity index (χ3n) is 6.17. The molecule has 1 amide bonds. The fourth-order valence-corrected chi connectivity index (χ4v) is 4.07. The molecule has 1 atom stereocenters. The number of nitrogens with one attached hydrogen (secondary N) is 1. The lowest BCUT2D eigenvalue weighted by atomic mass is 10.0. The molecule has 3 rings (SSSR count). The van der Waals surface area contributed by atoms with Gasteiger partial charge in [-0.05, 0) is 24.7 Å². The SMILES string of the molecule is COc1cc(C(=O)NC[C@@H](c2ccc(N(C)C)cc2)N2CCN(C)CC2)c([N+](=O)[O-])cc1OC. The molecule has 34 heavy (non-hydrogen) atoms.